The highest BCUT2D eigenvalue weighted by Crippen LogP contribution is 2.70. The Balaban J connectivity index is 1.46. The van der Waals surface area contributed by atoms with E-state index in [0.717, 1.165) is 45.1 Å². The van der Waals surface area contributed by atoms with Gasteiger partial charge in [-0.25, -0.2) is 0 Å². The van der Waals surface area contributed by atoms with Gasteiger partial charge in [-0.3, -0.25) is 9.59 Å². The summed E-state index contributed by atoms with van der Waals surface area (Å²) >= 11 is 0. The molecule has 0 aromatic heterocycles. The van der Waals surface area contributed by atoms with Gasteiger partial charge in [-0.2, -0.15) is 10.2 Å². The van der Waals surface area contributed by atoms with Crippen LogP contribution in [0.5, 0.6) is 0 Å². The molecule has 5 rings (SSSR count). The van der Waals surface area contributed by atoms with E-state index in [1.807, 2.05) is 0 Å². The molecular formula is C24H34N2O3. The Morgan fingerprint density at radius 2 is 1.93 bits per heavy atom. The van der Waals surface area contributed by atoms with Crippen LogP contribution in [0.1, 0.15) is 72.6 Å². The largest absolute Gasteiger partial charge is 0.462 e. The molecule has 1 aliphatic heterocycles. The first kappa shape index (κ1) is 19.4. The maximum Gasteiger partial charge on any atom is 0.302 e. The number of hydrogen-bond donors (Lipinski definition) is 0. The van der Waals surface area contributed by atoms with Crippen LogP contribution in [0.15, 0.2) is 21.9 Å². The Hall–Kier alpha value is -1.52. The van der Waals surface area contributed by atoms with Crippen LogP contribution in [0.2, 0.25) is 0 Å². The summed E-state index contributed by atoms with van der Waals surface area (Å²) in [5.41, 5.74) is 1.10. The third-order valence-corrected chi connectivity index (χ3v) is 9.85. The van der Waals surface area contributed by atoms with E-state index >= 15 is 0 Å². The number of hydrogen-bond acceptors (Lipinski definition) is 5. The number of ketones is 1. The van der Waals surface area contributed by atoms with Gasteiger partial charge < -0.3 is 4.74 Å². The van der Waals surface area contributed by atoms with E-state index < -0.39 is 5.54 Å². The zero-order valence-corrected chi connectivity index (χ0v) is 18.2. The molecule has 5 nitrogen and oxygen atoms in total. The smallest absolute Gasteiger partial charge is 0.302 e. The number of carbonyl (C=O) groups is 2. The lowest BCUT2D eigenvalue weighted by atomic mass is 9.46. The molecular weight excluding hydrogens is 364 g/mol. The van der Waals surface area contributed by atoms with Crippen LogP contribution in [0, 0.1) is 34.5 Å². The predicted octanol–water partition coefficient (Wildman–Crippen LogP) is 4.90. The number of rotatable bonds is 2. The van der Waals surface area contributed by atoms with Gasteiger partial charge in [0.15, 0.2) is 5.78 Å². The molecule has 8 atom stereocenters. The van der Waals surface area contributed by atoms with Crippen LogP contribution in [0.4, 0.5) is 0 Å². The predicted molar refractivity (Wildman–Crippen MR) is 109 cm³/mol. The molecule has 5 aliphatic rings. The molecule has 0 saturated heterocycles. The minimum atomic E-state index is -0.569. The number of Topliss-reactive ketones (excluding diaryl/α,β-unsaturated/α-hetero) is 1. The van der Waals surface area contributed by atoms with Gasteiger partial charge in [0.25, 0.3) is 0 Å². The van der Waals surface area contributed by atoms with Crippen LogP contribution in [0.3, 0.4) is 0 Å². The van der Waals surface area contributed by atoms with Crippen molar-refractivity contribution >= 4 is 11.8 Å². The highest BCUT2D eigenvalue weighted by molar-refractivity contribution is 5.88. The van der Waals surface area contributed by atoms with Crippen LogP contribution in [-0.2, 0) is 14.3 Å². The van der Waals surface area contributed by atoms with Gasteiger partial charge in [-0.05, 0) is 68.6 Å². The summed E-state index contributed by atoms with van der Waals surface area (Å²) in [6, 6.07) is 0. The van der Waals surface area contributed by atoms with Crippen LogP contribution in [-0.4, -0.2) is 29.9 Å². The van der Waals surface area contributed by atoms with Gasteiger partial charge in [0.1, 0.15) is 11.6 Å². The molecule has 0 unspecified atom stereocenters. The molecule has 3 fully saturated rings. The van der Waals surface area contributed by atoms with Gasteiger partial charge in [-0.15, -0.1) is 0 Å². The normalized spacial score (nSPS) is 50.1. The molecule has 0 spiro atoms. The molecule has 0 radical (unpaired) electrons. The average Bonchev–Trinajstić information content (AvgIpc) is 3.18. The van der Waals surface area contributed by atoms with Crippen molar-refractivity contribution in [2.45, 2.75) is 84.3 Å². The molecule has 1 heterocycles. The van der Waals surface area contributed by atoms with E-state index in [-0.39, 0.29) is 28.7 Å². The SMILES string of the molecule is CC(=O)O[C@H]1CC[C@@]2(C)C(=CC[C@H]3[C@H]2CC[C@@]2(C)[C@@H]3C[C@@H]3CN=N[C@@]32C(C)=O)C1. The number of azo groups is 1. The van der Waals surface area contributed by atoms with E-state index in [1.54, 1.807) is 6.92 Å². The fourth-order valence-electron chi connectivity index (χ4n) is 8.55. The lowest BCUT2D eigenvalue weighted by molar-refractivity contribution is -0.149. The number of esters is 1. The van der Waals surface area contributed by atoms with E-state index in [1.165, 1.54) is 18.9 Å². The quantitative estimate of drug-likeness (QED) is 0.491. The lowest BCUT2D eigenvalue weighted by Crippen LogP contribution is -2.57. The first-order valence-corrected chi connectivity index (χ1v) is 11.5. The Labute approximate surface area is 173 Å². The molecule has 5 heteroatoms. The summed E-state index contributed by atoms with van der Waals surface area (Å²) in [6.45, 7) is 8.79. The van der Waals surface area contributed by atoms with Gasteiger partial charge in [-0.1, -0.05) is 25.5 Å². The lowest BCUT2D eigenvalue weighted by Gasteiger charge is -2.58. The van der Waals surface area contributed by atoms with Gasteiger partial charge >= 0.3 is 5.97 Å². The van der Waals surface area contributed by atoms with Crippen LogP contribution < -0.4 is 0 Å². The third-order valence-electron chi connectivity index (χ3n) is 9.85. The number of ether oxygens (including phenoxy) is 1. The number of allylic oxidation sites excluding steroid dienone is 1. The molecule has 0 amide bonds. The van der Waals surface area contributed by atoms with Crippen molar-refractivity contribution < 1.29 is 14.3 Å². The first-order chi connectivity index (χ1) is 13.7. The minimum Gasteiger partial charge on any atom is -0.462 e. The second kappa shape index (κ2) is 6.24. The second-order valence-electron chi connectivity index (χ2n) is 10.9. The second-order valence-corrected chi connectivity index (χ2v) is 10.9. The fraction of sp³-hybridized carbons (Fsp3) is 0.833. The number of fused-ring (bicyclic) bond motifs is 7. The molecule has 0 aromatic carbocycles. The van der Waals surface area contributed by atoms with E-state index in [0.29, 0.717) is 23.7 Å². The van der Waals surface area contributed by atoms with Gasteiger partial charge in [0.05, 0.1) is 6.54 Å². The summed E-state index contributed by atoms with van der Waals surface area (Å²) in [6.07, 6.45) is 9.92. The van der Waals surface area contributed by atoms with E-state index in [2.05, 4.69) is 30.2 Å². The summed E-state index contributed by atoms with van der Waals surface area (Å²) in [5, 5.41) is 9.03. The zero-order valence-electron chi connectivity index (χ0n) is 18.2. The first-order valence-electron chi connectivity index (χ1n) is 11.5. The number of carbonyl (C=O) groups excluding carboxylic acids is 2. The Morgan fingerprint density at radius 1 is 1.14 bits per heavy atom. The van der Waals surface area contributed by atoms with Gasteiger partial charge in [0.2, 0.25) is 0 Å². The van der Waals surface area contributed by atoms with Crippen molar-refractivity contribution in [3.63, 3.8) is 0 Å². The monoisotopic (exact) mass is 398 g/mol. The molecule has 0 N–H and O–H groups in total. The molecule has 0 bridgehead atoms. The molecule has 158 valence electrons. The summed E-state index contributed by atoms with van der Waals surface area (Å²) in [7, 11) is 0. The Kier molecular flexibility index (Phi) is 4.19. The van der Waals surface area contributed by atoms with Crippen molar-refractivity contribution in [2.24, 2.45) is 44.7 Å². The minimum absolute atomic E-state index is 0.0458. The van der Waals surface area contributed by atoms with Crippen molar-refractivity contribution in [1.82, 2.24) is 0 Å². The molecule has 3 saturated carbocycles. The summed E-state index contributed by atoms with van der Waals surface area (Å²) in [5.74, 6) is 2.21. The van der Waals surface area contributed by atoms with Crippen LogP contribution in [0.25, 0.3) is 0 Å². The summed E-state index contributed by atoms with van der Waals surface area (Å²) in [4.78, 5) is 24.3. The van der Waals surface area contributed by atoms with E-state index in [4.69, 9.17) is 4.74 Å². The Morgan fingerprint density at radius 3 is 2.66 bits per heavy atom. The highest BCUT2D eigenvalue weighted by Gasteiger charge is 2.71. The molecule has 4 aliphatic carbocycles. The van der Waals surface area contributed by atoms with Crippen molar-refractivity contribution in [3.8, 4) is 0 Å². The third kappa shape index (κ3) is 2.39. The number of nitrogens with zero attached hydrogens (tertiary/aromatic N) is 2. The fourth-order valence-corrected chi connectivity index (χ4v) is 8.55. The average molecular weight is 399 g/mol. The van der Waals surface area contributed by atoms with Gasteiger partial charge in [0, 0.05) is 24.7 Å². The highest BCUT2D eigenvalue weighted by atomic mass is 16.5. The Bertz CT molecular complexity index is 819. The maximum atomic E-state index is 12.9. The maximum absolute atomic E-state index is 12.9. The topological polar surface area (TPSA) is 68.1 Å². The van der Waals surface area contributed by atoms with Crippen molar-refractivity contribution in [2.75, 3.05) is 6.54 Å². The molecule has 0 aromatic rings. The zero-order chi connectivity index (χ0) is 20.6. The molecule has 29 heavy (non-hydrogen) atoms. The van der Waals surface area contributed by atoms with Crippen molar-refractivity contribution in [3.05, 3.63) is 11.6 Å². The van der Waals surface area contributed by atoms with E-state index in [9.17, 15) is 9.59 Å². The standard InChI is InChI=1S/C24H34N2O3/c1-14(27)24-17(13-25-26-24)12-21-19-6-5-16-11-18(29-15(2)28)7-9-22(16,3)20(19)8-10-23(21,24)4/h5,17-21H,6-13H2,1-4H3/t17-,18+,19+,20-,21-,22+,23+,24+/m1/s1. The van der Waals surface area contributed by atoms with Crippen molar-refractivity contribution in [1.29, 1.82) is 0 Å². The summed E-state index contributed by atoms with van der Waals surface area (Å²) < 4.78 is 5.56. The van der Waals surface area contributed by atoms with Crippen LogP contribution >= 0.6 is 0 Å².